The topological polar surface area (TPSA) is 97.2 Å². The number of benzene rings is 1. The number of ether oxygens (including phenoxy) is 3. The van der Waals surface area contributed by atoms with Crippen LogP contribution in [-0.2, 0) is 0 Å². The summed E-state index contributed by atoms with van der Waals surface area (Å²) in [6, 6.07) is 7.10. The number of pyridine rings is 1. The Morgan fingerprint density at radius 1 is 1.11 bits per heavy atom. The molecule has 0 aliphatic heterocycles. The third-order valence-electron chi connectivity index (χ3n) is 3.78. The van der Waals surface area contributed by atoms with Gasteiger partial charge in [-0.1, -0.05) is 0 Å². The molecule has 8 heteroatoms. The highest BCUT2D eigenvalue weighted by Gasteiger charge is 2.14. The molecule has 1 aromatic carbocycles. The molecule has 0 radical (unpaired) electrons. The number of aliphatic hydroxyl groups is 1. The summed E-state index contributed by atoms with van der Waals surface area (Å²) in [5.41, 5.74) is 1.47. The number of nitrogens with zero attached hydrogens (tertiary/aromatic N) is 2. The number of aliphatic hydroxyl groups excluding tert-OH is 1. The second-order valence-corrected chi connectivity index (χ2v) is 5.55. The van der Waals surface area contributed by atoms with Crippen molar-refractivity contribution in [2.45, 2.75) is 13.0 Å². The molecule has 0 amide bonds. The molecule has 0 bridgehead atoms. The lowest BCUT2D eigenvalue weighted by molar-refractivity contribution is 0.187. The zero-order chi connectivity index (χ0) is 19.6. The summed E-state index contributed by atoms with van der Waals surface area (Å²) in [4.78, 5) is 8.40. The fourth-order valence-electron chi connectivity index (χ4n) is 2.47. The van der Waals surface area contributed by atoms with Gasteiger partial charge in [0.15, 0.2) is 17.5 Å². The van der Waals surface area contributed by atoms with Crippen LogP contribution in [0.2, 0.25) is 0 Å². The third kappa shape index (κ3) is 5.49. The summed E-state index contributed by atoms with van der Waals surface area (Å²) in [6.45, 7) is 2.83. The van der Waals surface area contributed by atoms with Crippen LogP contribution in [0.1, 0.15) is 18.6 Å². The minimum absolute atomic E-state index is 0.198. The van der Waals surface area contributed by atoms with Gasteiger partial charge in [0.2, 0.25) is 5.75 Å². The van der Waals surface area contributed by atoms with Crippen LogP contribution in [0.15, 0.2) is 41.7 Å². The lowest BCUT2D eigenvalue weighted by atomic mass is 10.1. The molecule has 1 atom stereocenters. The standard InChI is InChI=1S/C19H26N4O4/c1-5-21-19(22-12-15(24)13-6-8-20-9-7-13)23-14-10-16(25-2)18(27-4)17(11-14)26-3/h6-11,15,24H,5,12H2,1-4H3,(H2,21,22,23). The molecule has 0 aliphatic rings. The summed E-state index contributed by atoms with van der Waals surface area (Å²) in [7, 11) is 4.68. The minimum atomic E-state index is -0.719. The molecule has 0 saturated carbocycles. The van der Waals surface area contributed by atoms with E-state index in [1.807, 2.05) is 6.92 Å². The van der Waals surface area contributed by atoms with Crippen molar-refractivity contribution in [1.82, 2.24) is 10.3 Å². The highest BCUT2D eigenvalue weighted by molar-refractivity contribution is 5.94. The quantitative estimate of drug-likeness (QED) is 0.481. The largest absolute Gasteiger partial charge is 0.493 e. The van der Waals surface area contributed by atoms with E-state index in [0.29, 0.717) is 35.4 Å². The first-order valence-electron chi connectivity index (χ1n) is 8.56. The van der Waals surface area contributed by atoms with Gasteiger partial charge in [-0.15, -0.1) is 0 Å². The summed E-state index contributed by atoms with van der Waals surface area (Å²) < 4.78 is 16.1. The van der Waals surface area contributed by atoms with Crippen LogP contribution >= 0.6 is 0 Å². The molecule has 1 heterocycles. The van der Waals surface area contributed by atoms with Gasteiger partial charge in [0.05, 0.1) is 34.0 Å². The lowest BCUT2D eigenvalue weighted by Crippen LogP contribution is -2.31. The number of nitrogens with one attached hydrogen (secondary N) is 2. The number of methoxy groups -OCH3 is 3. The zero-order valence-corrected chi connectivity index (χ0v) is 16.0. The predicted molar refractivity (Wildman–Crippen MR) is 105 cm³/mol. The molecule has 0 fully saturated rings. The Morgan fingerprint density at radius 3 is 2.26 bits per heavy atom. The van der Waals surface area contributed by atoms with E-state index in [0.717, 1.165) is 5.56 Å². The fraction of sp³-hybridized carbons (Fsp3) is 0.368. The molecule has 0 saturated heterocycles. The van der Waals surface area contributed by atoms with Gasteiger partial charge in [-0.05, 0) is 24.6 Å². The Labute approximate surface area is 159 Å². The molecule has 0 spiro atoms. The smallest absolute Gasteiger partial charge is 0.203 e. The highest BCUT2D eigenvalue weighted by atomic mass is 16.5. The Hall–Kier alpha value is -3.00. The van der Waals surface area contributed by atoms with Gasteiger partial charge in [0.25, 0.3) is 0 Å². The second kappa shape index (κ2) is 10.2. The fourth-order valence-corrected chi connectivity index (χ4v) is 2.47. The molecular weight excluding hydrogens is 348 g/mol. The number of aliphatic imine (C=N–C) groups is 1. The first-order chi connectivity index (χ1) is 13.1. The lowest BCUT2D eigenvalue weighted by Gasteiger charge is -2.17. The average molecular weight is 374 g/mol. The Bertz CT molecular complexity index is 728. The number of rotatable bonds is 8. The maximum Gasteiger partial charge on any atom is 0.203 e. The SMILES string of the molecule is CCNC(=NCC(O)c1ccncc1)Nc1cc(OC)c(OC)c(OC)c1. The summed E-state index contributed by atoms with van der Waals surface area (Å²) in [5, 5.41) is 16.6. The zero-order valence-electron chi connectivity index (χ0n) is 16.0. The van der Waals surface area contributed by atoms with Crippen molar-refractivity contribution >= 4 is 11.6 Å². The molecule has 1 unspecified atom stereocenters. The third-order valence-corrected chi connectivity index (χ3v) is 3.78. The van der Waals surface area contributed by atoms with Crippen LogP contribution in [0, 0.1) is 0 Å². The minimum Gasteiger partial charge on any atom is -0.493 e. The molecule has 8 nitrogen and oxygen atoms in total. The Morgan fingerprint density at radius 2 is 1.74 bits per heavy atom. The molecular formula is C19H26N4O4. The summed E-state index contributed by atoms with van der Waals surface area (Å²) >= 11 is 0. The van der Waals surface area contributed by atoms with Gasteiger partial charge in [-0.3, -0.25) is 4.98 Å². The molecule has 146 valence electrons. The summed E-state index contributed by atoms with van der Waals surface area (Å²) in [5.74, 6) is 2.11. The maximum absolute atomic E-state index is 10.3. The van der Waals surface area contributed by atoms with Crippen LogP contribution in [0.25, 0.3) is 0 Å². The Balaban J connectivity index is 2.20. The van der Waals surface area contributed by atoms with Gasteiger partial charge < -0.3 is 30.0 Å². The molecule has 2 aromatic rings. The van der Waals surface area contributed by atoms with E-state index in [1.54, 1.807) is 58.0 Å². The molecule has 3 N–H and O–H groups in total. The molecule has 1 aromatic heterocycles. The number of aromatic nitrogens is 1. The molecule has 0 aliphatic carbocycles. The molecule has 27 heavy (non-hydrogen) atoms. The van der Waals surface area contributed by atoms with E-state index >= 15 is 0 Å². The van der Waals surface area contributed by atoms with Gasteiger partial charge in [0, 0.05) is 36.8 Å². The number of hydrogen-bond donors (Lipinski definition) is 3. The van der Waals surface area contributed by atoms with Crippen LogP contribution < -0.4 is 24.8 Å². The van der Waals surface area contributed by atoms with Crippen molar-refractivity contribution in [2.24, 2.45) is 4.99 Å². The predicted octanol–water partition coefficient (Wildman–Crippen LogP) is 2.22. The van der Waals surface area contributed by atoms with Crippen LogP contribution in [0.4, 0.5) is 5.69 Å². The number of hydrogen-bond acceptors (Lipinski definition) is 6. The average Bonchev–Trinajstić information content (AvgIpc) is 2.71. The van der Waals surface area contributed by atoms with Crippen LogP contribution in [0.5, 0.6) is 17.2 Å². The number of anilines is 1. The maximum atomic E-state index is 10.3. The number of guanidine groups is 1. The van der Waals surface area contributed by atoms with Crippen molar-refractivity contribution in [3.05, 3.63) is 42.2 Å². The van der Waals surface area contributed by atoms with E-state index in [9.17, 15) is 5.11 Å². The van der Waals surface area contributed by atoms with E-state index < -0.39 is 6.10 Å². The van der Waals surface area contributed by atoms with Crippen LogP contribution in [-0.4, -0.2) is 50.5 Å². The molecule has 2 rings (SSSR count). The van der Waals surface area contributed by atoms with E-state index in [1.165, 1.54) is 0 Å². The summed E-state index contributed by atoms with van der Waals surface area (Å²) in [6.07, 6.45) is 2.56. The highest BCUT2D eigenvalue weighted by Crippen LogP contribution is 2.39. The van der Waals surface area contributed by atoms with Gasteiger partial charge in [0.1, 0.15) is 0 Å². The van der Waals surface area contributed by atoms with Gasteiger partial charge in [-0.25, -0.2) is 4.99 Å². The normalized spacial score (nSPS) is 12.3. The van der Waals surface area contributed by atoms with Gasteiger partial charge in [-0.2, -0.15) is 0 Å². The van der Waals surface area contributed by atoms with Crippen molar-refractivity contribution in [3.8, 4) is 17.2 Å². The van der Waals surface area contributed by atoms with Crippen molar-refractivity contribution in [1.29, 1.82) is 0 Å². The first-order valence-corrected chi connectivity index (χ1v) is 8.56. The van der Waals surface area contributed by atoms with Gasteiger partial charge >= 0.3 is 0 Å². The Kier molecular flexibility index (Phi) is 7.69. The van der Waals surface area contributed by atoms with Crippen molar-refractivity contribution < 1.29 is 19.3 Å². The van der Waals surface area contributed by atoms with E-state index in [4.69, 9.17) is 14.2 Å². The van der Waals surface area contributed by atoms with E-state index in [2.05, 4.69) is 20.6 Å². The van der Waals surface area contributed by atoms with E-state index in [-0.39, 0.29) is 6.54 Å². The monoisotopic (exact) mass is 374 g/mol. The van der Waals surface area contributed by atoms with Crippen molar-refractivity contribution in [3.63, 3.8) is 0 Å². The second-order valence-electron chi connectivity index (χ2n) is 5.55. The first kappa shape index (κ1) is 20.3. The van der Waals surface area contributed by atoms with Crippen LogP contribution in [0.3, 0.4) is 0 Å². The van der Waals surface area contributed by atoms with Crippen molar-refractivity contribution in [2.75, 3.05) is 39.7 Å².